The molecular weight excluding hydrogens is 305 g/mol. The van der Waals surface area contributed by atoms with E-state index in [1.54, 1.807) is 10.7 Å². The molecule has 1 atom stereocenters. The summed E-state index contributed by atoms with van der Waals surface area (Å²) in [6.45, 7) is 8.74. The summed E-state index contributed by atoms with van der Waals surface area (Å²) in [6, 6.07) is 8.61. The molecular formula is C19H22FN3O. The smallest absolute Gasteiger partial charge is 0.125 e. The fourth-order valence-electron chi connectivity index (χ4n) is 2.82. The minimum atomic E-state index is -0.265. The van der Waals surface area contributed by atoms with Crippen molar-refractivity contribution in [3.63, 3.8) is 0 Å². The van der Waals surface area contributed by atoms with Gasteiger partial charge >= 0.3 is 0 Å². The predicted molar refractivity (Wildman–Crippen MR) is 91.7 cm³/mol. The molecule has 3 aromatic rings. The van der Waals surface area contributed by atoms with E-state index >= 15 is 0 Å². The second kappa shape index (κ2) is 6.61. The molecule has 2 heterocycles. The summed E-state index contributed by atoms with van der Waals surface area (Å²) in [5, 5.41) is 7.86. The van der Waals surface area contributed by atoms with Crippen molar-refractivity contribution in [2.75, 3.05) is 0 Å². The second-order valence-electron chi connectivity index (χ2n) is 6.13. The zero-order valence-corrected chi connectivity index (χ0v) is 14.4. The second-order valence-corrected chi connectivity index (χ2v) is 6.13. The number of benzene rings is 1. The van der Waals surface area contributed by atoms with Gasteiger partial charge in [0.1, 0.15) is 17.3 Å². The Morgan fingerprint density at radius 2 is 2.04 bits per heavy atom. The molecule has 1 aromatic carbocycles. The maximum absolute atomic E-state index is 13.4. The number of nitrogens with one attached hydrogen (secondary N) is 1. The number of furan rings is 1. The molecule has 4 nitrogen and oxygen atoms in total. The van der Waals surface area contributed by atoms with Crippen LogP contribution in [0.2, 0.25) is 0 Å². The predicted octanol–water partition coefficient (Wildman–Crippen LogP) is 4.38. The first-order valence-corrected chi connectivity index (χ1v) is 8.05. The third kappa shape index (κ3) is 3.26. The summed E-state index contributed by atoms with van der Waals surface area (Å²) in [5.41, 5.74) is 3.96. The Labute approximate surface area is 141 Å². The van der Waals surface area contributed by atoms with Crippen LogP contribution >= 0.6 is 0 Å². The first kappa shape index (κ1) is 16.5. The largest absolute Gasteiger partial charge is 0.465 e. The Bertz CT molecular complexity index is 831. The van der Waals surface area contributed by atoms with Crippen LogP contribution in [0.25, 0.3) is 5.69 Å². The lowest BCUT2D eigenvalue weighted by atomic mass is 10.1. The van der Waals surface area contributed by atoms with E-state index in [0.29, 0.717) is 6.54 Å². The summed E-state index contributed by atoms with van der Waals surface area (Å²) >= 11 is 0. The van der Waals surface area contributed by atoms with Crippen LogP contribution in [-0.2, 0) is 6.54 Å². The minimum absolute atomic E-state index is 0.109. The molecule has 0 aliphatic heterocycles. The monoisotopic (exact) mass is 327 g/mol. The van der Waals surface area contributed by atoms with Crippen LogP contribution < -0.4 is 5.32 Å². The molecule has 2 aromatic heterocycles. The van der Waals surface area contributed by atoms with Crippen molar-refractivity contribution in [2.24, 2.45) is 0 Å². The van der Waals surface area contributed by atoms with Crippen LogP contribution in [0.15, 0.2) is 40.9 Å². The number of hydrogen-bond donors (Lipinski definition) is 1. The quantitative estimate of drug-likeness (QED) is 0.756. The molecule has 0 saturated heterocycles. The van der Waals surface area contributed by atoms with E-state index in [4.69, 9.17) is 4.42 Å². The molecule has 0 aliphatic carbocycles. The van der Waals surface area contributed by atoms with Crippen LogP contribution in [-0.4, -0.2) is 9.78 Å². The average Bonchev–Trinajstić information content (AvgIpc) is 3.08. The molecule has 5 heteroatoms. The highest BCUT2D eigenvalue weighted by atomic mass is 19.1. The zero-order valence-electron chi connectivity index (χ0n) is 14.4. The van der Waals surface area contributed by atoms with E-state index in [-0.39, 0.29) is 11.9 Å². The molecule has 0 saturated carbocycles. The van der Waals surface area contributed by atoms with Crippen molar-refractivity contribution in [3.05, 3.63) is 70.7 Å². The van der Waals surface area contributed by atoms with Crippen LogP contribution in [0.3, 0.4) is 0 Å². The molecule has 126 valence electrons. The third-order valence-corrected chi connectivity index (χ3v) is 4.37. The molecule has 0 bridgehead atoms. The first-order chi connectivity index (χ1) is 11.5. The van der Waals surface area contributed by atoms with Crippen LogP contribution in [0.5, 0.6) is 0 Å². The van der Waals surface area contributed by atoms with Gasteiger partial charge in [0.2, 0.25) is 0 Å². The molecule has 24 heavy (non-hydrogen) atoms. The van der Waals surface area contributed by atoms with Gasteiger partial charge in [0.05, 0.1) is 18.4 Å². The van der Waals surface area contributed by atoms with Gasteiger partial charge < -0.3 is 9.73 Å². The molecule has 0 spiro atoms. The van der Waals surface area contributed by atoms with Gasteiger partial charge in [-0.3, -0.25) is 0 Å². The highest BCUT2D eigenvalue weighted by molar-refractivity contribution is 5.35. The molecule has 3 rings (SSSR count). The Hall–Kier alpha value is -2.40. The lowest BCUT2D eigenvalue weighted by Gasteiger charge is -2.13. The number of nitrogens with zero attached hydrogens (tertiary/aromatic N) is 2. The van der Waals surface area contributed by atoms with Gasteiger partial charge in [-0.25, -0.2) is 9.07 Å². The summed E-state index contributed by atoms with van der Waals surface area (Å²) < 4.78 is 20.9. The van der Waals surface area contributed by atoms with Gasteiger partial charge in [-0.2, -0.15) is 5.10 Å². The van der Waals surface area contributed by atoms with Gasteiger partial charge in [0.15, 0.2) is 0 Å². The van der Waals surface area contributed by atoms with Gasteiger partial charge in [-0.1, -0.05) is 6.07 Å². The highest BCUT2D eigenvalue weighted by Crippen LogP contribution is 2.21. The number of aromatic nitrogens is 2. The fourth-order valence-corrected chi connectivity index (χ4v) is 2.82. The van der Waals surface area contributed by atoms with Crippen LogP contribution in [0, 0.1) is 26.6 Å². The molecule has 0 amide bonds. The average molecular weight is 327 g/mol. The number of aryl methyl sites for hydroxylation is 2. The molecule has 0 radical (unpaired) electrons. The summed E-state index contributed by atoms with van der Waals surface area (Å²) in [6.07, 6.45) is 1.83. The van der Waals surface area contributed by atoms with Crippen LogP contribution in [0.4, 0.5) is 4.39 Å². The maximum atomic E-state index is 13.4. The van der Waals surface area contributed by atoms with E-state index in [2.05, 4.69) is 23.4 Å². The maximum Gasteiger partial charge on any atom is 0.125 e. The van der Waals surface area contributed by atoms with E-state index in [1.165, 1.54) is 12.1 Å². The van der Waals surface area contributed by atoms with Crippen molar-refractivity contribution in [3.8, 4) is 5.69 Å². The van der Waals surface area contributed by atoms with E-state index in [1.807, 2.05) is 33.0 Å². The fraction of sp³-hybridized carbons (Fsp3) is 0.316. The van der Waals surface area contributed by atoms with E-state index in [0.717, 1.165) is 34.0 Å². The van der Waals surface area contributed by atoms with Gasteiger partial charge in [-0.15, -0.1) is 0 Å². The van der Waals surface area contributed by atoms with Crippen molar-refractivity contribution >= 4 is 0 Å². The summed E-state index contributed by atoms with van der Waals surface area (Å²) in [5.74, 6) is 1.61. The SMILES string of the molecule is Cc1cc(CNC(C)c2cnn(-c3cccc(F)c3)c2C)oc1C. The lowest BCUT2D eigenvalue weighted by Crippen LogP contribution is -2.18. The molecule has 0 aliphatic rings. The Morgan fingerprint density at radius 1 is 1.25 bits per heavy atom. The van der Waals surface area contributed by atoms with E-state index < -0.39 is 0 Å². The Balaban J connectivity index is 1.75. The normalized spacial score (nSPS) is 12.5. The van der Waals surface area contributed by atoms with E-state index in [9.17, 15) is 4.39 Å². The molecule has 0 fully saturated rings. The zero-order chi connectivity index (χ0) is 17.3. The number of hydrogen-bond acceptors (Lipinski definition) is 3. The minimum Gasteiger partial charge on any atom is -0.465 e. The number of halogens is 1. The van der Waals surface area contributed by atoms with Gasteiger partial charge in [0, 0.05) is 17.3 Å². The van der Waals surface area contributed by atoms with Gasteiger partial charge in [0.25, 0.3) is 0 Å². The van der Waals surface area contributed by atoms with Crippen molar-refractivity contribution in [1.82, 2.24) is 15.1 Å². The van der Waals surface area contributed by atoms with Crippen molar-refractivity contribution in [2.45, 2.75) is 40.3 Å². The number of rotatable bonds is 5. The lowest BCUT2D eigenvalue weighted by molar-refractivity contribution is 0.443. The Kier molecular flexibility index (Phi) is 4.53. The Morgan fingerprint density at radius 3 is 2.71 bits per heavy atom. The standard InChI is InChI=1S/C19H22FN3O/c1-12-8-18(24-15(12)4)10-21-13(2)19-11-22-23(14(19)3)17-7-5-6-16(20)9-17/h5-9,11,13,21H,10H2,1-4H3. The highest BCUT2D eigenvalue weighted by Gasteiger charge is 2.15. The summed E-state index contributed by atoms with van der Waals surface area (Å²) in [4.78, 5) is 0. The topological polar surface area (TPSA) is 43.0 Å². The van der Waals surface area contributed by atoms with Crippen molar-refractivity contribution < 1.29 is 8.81 Å². The first-order valence-electron chi connectivity index (χ1n) is 8.05. The van der Waals surface area contributed by atoms with Crippen LogP contribution in [0.1, 0.15) is 41.3 Å². The summed E-state index contributed by atoms with van der Waals surface area (Å²) in [7, 11) is 0. The third-order valence-electron chi connectivity index (χ3n) is 4.37. The molecule has 1 N–H and O–H groups in total. The van der Waals surface area contributed by atoms with Gasteiger partial charge in [-0.05, 0) is 57.5 Å². The van der Waals surface area contributed by atoms with Crippen molar-refractivity contribution in [1.29, 1.82) is 0 Å². The molecule has 1 unspecified atom stereocenters.